The SMILES string of the molecule is C/C(=N\N=C/N)c1ccccc1.C=C/C=C(C=C)/C(C)=N/NC. The van der Waals surface area contributed by atoms with Crippen LogP contribution >= 0.6 is 0 Å². The standard InChI is InChI=1S/C9H11N3.C9H14N2/c1-8(12-11-7-10)9-5-3-2-4-6-9;1-5-7-9(6-2)8(3)11-10-4/h2-7H,1H3,(H2,10,11);5-7,10H,1-2H2,3-4H3/b12-8+;9-7+,11-8+. The number of hydrogen-bond acceptors (Lipinski definition) is 4. The second-order valence-corrected chi connectivity index (χ2v) is 4.30. The Bertz CT molecular complexity index is 595. The highest BCUT2D eigenvalue weighted by atomic mass is 15.3. The molecule has 0 aliphatic rings. The average molecular weight is 311 g/mol. The lowest BCUT2D eigenvalue weighted by atomic mass is 10.1. The molecule has 5 heteroatoms. The Morgan fingerprint density at radius 1 is 1.17 bits per heavy atom. The maximum atomic E-state index is 5.06. The van der Waals surface area contributed by atoms with Gasteiger partial charge < -0.3 is 11.2 Å². The predicted molar refractivity (Wildman–Crippen MR) is 102 cm³/mol. The van der Waals surface area contributed by atoms with E-state index >= 15 is 0 Å². The van der Waals surface area contributed by atoms with Crippen LogP contribution in [0.2, 0.25) is 0 Å². The van der Waals surface area contributed by atoms with Crippen molar-refractivity contribution >= 4 is 17.8 Å². The van der Waals surface area contributed by atoms with E-state index in [-0.39, 0.29) is 0 Å². The molecule has 1 aromatic carbocycles. The summed E-state index contributed by atoms with van der Waals surface area (Å²) in [4.78, 5) is 0. The Kier molecular flexibility index (Phi) is 11.1. The Labute approximate surface area is 138 Å². The summed E-state index contributed by atoms with van der Waals surface area (Å²) in [5.41, 5.74) is 11.6. The molecule has 5 nitrogen and oxygen atoms in total. The first kappa shape index (κ1) is 20.1. The molecule has 0 amide bonds. The van der Waals surface area contributed by atoms with Gasteiger partial charge in [0.25, 0.3) is 0 Å². The number of nitrogens with two attached hydrogens (primary N) is 1. The normalized spacial score (nSPS) is 12.4. The third-order valence-corrected chi connectivity index (χ3v) is 2.68. The average Bonchev–Trinajstić information content (AvgIpc) is 2.59. The van der Waals surface area contributed by atoms with Crippen LogP contribution in [0.15, 0.2) is 82.6 Å². The van der Waals surface area contributed by atoms with Gasteiger partial charge in [0.2, 0.25) is 0 Å². The Morgan fingerprint density at radius 3 is 2.30 bits per heavy atom. The topological polar surface area (TPSA) is 75.1 Å². The second kappa shape index (κ2) is 12.8. The number of hydrogen-bond donors (Lipinski definition) is 2. The minimum atomic E-state index is 0.859. The van der Waals surface area contributed by atoms with Crippen molar-refractivity contribution in [3.05, 3.63) is 72.9 Å². The van der Waals surface area contributed by atoms with Crippen LogP contribution in [0.4, 0.5) is 0 Å². The van der Waals surface area contributed by atoms with Crippen LogP contribution in [0, 0.1) is 0 Å². The van der Waals surface area contributed by atoms with Crippen molar-refractivity contribution < 1.29 is 0 Å². The highest BCUT2D eigenvalue weighted by molar-refractivity contribution is 6.00. The van der Waals surface area contributed by atoms with Gasteiger partial charge in [-0.25, -0.2) is 0 Å². The zero-order valence-electron chi connectivity index (χ0n) is 14.0. The quantitative estimate of drug-likeness (QED) is 0.366. The molecule has 0 aromatic heterocycles. The van der Waals surface area contributed by atoms with E-state index in [9.17, 15) is 0 Å². The van der Waals surface area contributed by atoms with Gasteiger partial charge in [0.15, 0.2) is 0 Å². The van der Waals surface area contributed by atoms with Gasteiger partial charge >= 0.3 is 0 Å². The van der Waals surface area contributed by atoms with E-state index in [2.05, 4.69) is 33.9 Å². The van der Waals surface area contributed by atoms with Gasteiger partial charge in [-0.3, -0.25) is 0 Å². The van der Waals surface area contributed by atoms with E-state index in [4.69, 9.17) is 5.73 Å². The Balaban J connectivity index is 0.000000423. The minimum Gasteiger partial charge on any atom is -0.388 e. The van der Waals surface area contributed by atoms with E-state index in [1.54, 1.807) is 19.2 Å². The first-order valence-electron chi connectivity index (χ1n) is 7.10. The monoisotopic (exact) mass is 311 g/mol. The lowest BCUT2D eigenvalue weighted by Crippen LogP contribution is -2.02. The molecule has 0 fully saturated rings. The minimum absolute atomic E-state index is 0.859. The van der Waals surface area contributed by atoms with Crippen LogP contribution in [-0.2, 0) is 0 Å². The summed E-state index contributed by atoms with van der Waals surface area (Å²) >= 11 is 0. The van der Waals surface area contributed by atoms with Crippen molar-refractivity contribution in [3.8, 4) is 0 Å². The van der Waals surface area contributed by atoms with Gasteiger partial charge in [0.05, 0.1) is 11.4 Å². The number of nitrogens with zero attached hydrogens (tertiary/aromatic N) is 3. The molecule has 0 saturated carbocycles. The maximum Gasteiger partial charge on any atom is 0.108 e. The van der Waals surface area contributed by atoms with Crippen LogP contribution in [0.5, 0.6) is 0 Å². The van der Waals surface area contributed by atoms with Gasteiger partial charge in [-0.1, -0.05) is 61.7 Å². The summed E-state index contributed by atoms with van der Waals surface area (Å²) in [5.74, 6) is 0. The van der Waals surface area contributed by atoms with Crippen molar-refractivity contribution in [2.75, 3.05) is 7.05 Å². The molecule has 0 aliphatic carbocycles. The van der Waals surface area contributed by atoms with Crippen LogP contribution in [0.25, 0.3) is 0 Å². The van der Waals surface area contributed by atoms with Crippen molar-refractivity contribution in [1.82, 2.24) is 5.43 Å². The summed E-state index contributed by atoms with van der Waals surface area (Å²) in [6.45, 7) is 11.1. The van der Waals surface area contributed by atoms with Crippen LogP contribution in [-0.4, -0.2) is 24.8 Å². The number of rotatable bonds is 6. The zero-order valence-corrected chi connectivity index (χ0v) is 14.0. The molecule has 0 bridgehead atoms. The number of benzene rings is 1. The first-order valence-corrected chi connectivity index (χ1v) is 7.10. The summed E-state index contributed by atoms with van der Waals surface area (Å²) < 4.78 is 0. The lowest BCUT2D eigenvalue weighted by molar-refractivity contribution is 0.900. The molecule has 3 N–H and O–H groups in total. The molecule has 0 heterocycles. The van der Waals surface area contributed by atoms with Gasteiger partial charge in [-0.15, -0.1) is 5.10 Å². The fourth-order valence-electron chi connectivity index (χ4n) is 1.55. The molecule has 1 rings (SSSR count). The second-order valence-electron chi connectivity index (χ2n) is 4.30. The number of allylic oxidation sites excluding steroid dienone is 4. The molecule has 122 valence electrons. The molecule has 1 aromatic rings. The number of nitrogens with one attached hydrogen (secondary N) is 1. The number of hydrazone groups is 1. The third-order valence-electron chi connectivity index (χ3n) is 2.68. The Morgan fingerprint density at radius 2 is 1.83 bits per heavy atom. The summed E-state index contributed by atoms with van der Waals surface area (Å²) in [7, 11) is 1.76. The maximum absolute atomic E-state index is 5.06. The van der Waals surface area contributed by atoms with E-state index in [1.165, 1.54) is 6.34 Å². The third kappa shape index (κ3) is 8.83. The van der Waals surface area contributed by atoms with Gasteiger partial charge in [0, 0.05) is 7.05 Å². The van der Waals surface area contributed by atoms with E-state index in [1.807, 2.05) is 50.3 Å². The molecule has 0 atom stereocenters. The van der Waals surface area contributed by atoms with E-state index in [0.717, 1.165) is 22.6 Å². The molecule has 0 spiro atoms. The highest BCUT2D eigenvalue weighted by Crippen LogP contribution is 2.00. The van der Waals surface area contributed by atoms with Crippen molar-refractivity contribution in [1.29, 1.82) is 0 Å². The summed E-state index contributed by atoms with van der Waals surface area (Å²) in [6, 6.07) is 9.83. The Hall–Kier alpha value is -2.95. The fraction of sp³-hybridized carbons (Fsp3) is 0.167. The van der Waals surface area contributed by atoms with Gasteiger partial charge in [-0.05, 0) is 25.0 Å². The molecule has 0 unspecified atom stereocenters. The fourth-order valence-corrected chi connectivity index (χ4v) is 1.55. The molecule has 0 radical (unpaired) electrons. The van der Waals surface area contributed by atoms with E-state index < -0.39 is 0 Å². The molecule has 23 heavy (non-hydrogen) atoms. The summed E-state index contributed by atoms with van der Waals surface area (Å²) in [5, 5.41) is 11.5. The van der Waals surface area contributed by atoms with Gasteiger partial charge in [-0.2, -0.15) is 10.2 Å². The first-order chi connectivity index (χ1) is 11.1. The molecule has 0 aliphatic heterocycles. The predicted octanol–water partition coefficient (Wildman–Crippen LogP) is 3.28. The van der Waals surface area contributed by atoms with Gasteiger partial charge in [0.1, 0.15) is 6.34 Å². The lowest BCUT2D eigenvalue weighted by Gasteiger charge is -1.98. The largest absolute Gasteiger partial charge is 0.388 e. The van der Waals surface area contributed by atoms with Crippen LogP contribution in [0.1, 0.15) is 19.4 Å². The van der Waals surface area contributed by atoms with Crippen LogP contribution in [0.3, 0.4) is 0 Å². The van der Waals surface area contributed by atoms with Crippen molar-refractivity contribution in [2.24, 2.45) is 21.0 Å². The molecular weight excluding hydrogens is 286 g/mol. The molecular formula is C18H25N5. The summed E-state index contributed by atoms with van der Waals surface area (Å²) in [6.07, 6.45) is 6.50. The smallest absolute Gasteiger partial charge is 0.108 e. The van der Waals surface area contributed by atoms with Crippen LogP contribution < -0.4 is 11.2 Å². The van der Waals surface area contributed by atoms with Crippen molar-refractivity contribution in [3.63, 3.8) is 0 Å². The van der Waals surface area contributed by atoms with E-state index in [0.29, 0.717) is 0 Å². The highest BCUT2D eigenvalue weighted by Gasteiger charge is 1.93. The molecule has 0 saturated heterocycles. The zero-order chi connectivity index (χ0) is 17.5. The van der Waals surface area contributed by atoms with Crippen molar-refractivity contribution in [2.45, 2.75) is 13.8 Å².